The summed E-state index contributed by atoms with van der Waals surface area (Å²) >= 11 is 0. The molecule has 3 atom stereocenters. The Bertz CT molecular complexity index is 714. The zero-order valence-electron chi connectivity index (χ0n) is 21.9. The van der Waals surface area contributed by atoms with E-state index in [1.165, 1.54) is 51.4 Å². The molecule has 2 aromatic heterocycles. The summed E-state index contributed by atoms with van der Waals surface area (Å²) < 4.78 is 11.9. The van der Waals surface area contributed by atoms with Gasteiger partial charge in [0.25, 0.3) is 0 Å². The van der Waals surface area contributed by atoms with E-state index in [2.05, 4.69) is 60.6 Å². The van der Waals surface area contributed by atoms with Gasteiger partial charge in [-0.2, -0.15) is 0 Å². The van der Waals surface area contributed by atoms with Gasteiger partial charge < -0.3 is 8.83 Å². The summed E-state index contributed by atoms with van der Waals surface area (Å²) in [6, 6.07) is 8.37. The van der Waals surface area contributed by atoms with Crippen LogP contribution in [0.25, 0.3) is 0 Å². The third kappa shape index (κ3) is 7.71. The first-order chi connectivity index (χ1) is 15.1. The van der Waals surface area contributed by atoms with Crippen LogP contribution in [0.15, 0.2) is 45.6 Å². The number of furan rings is 2. The van der Waals surface area contributed by atoms with Crippen LogP contribution in [0.5, 0.6) is 0 Å². The van der Waals surface area contributed by atoms with Gasteiger partial charge in [-0.3, -0.25) is 0 Å². The van der Waals surface area contributed by atoms with E-state index in [1.807, 2.05) is 24.7 Å². The Labute approximate surface area is 216 Å². The molecule has 2 unspecified atom stereocenters. The third-order valence-corrected chi connectivity index (χ3v) is 13.9. The summed E-state index contributed by atoms with van der Waals surface area (Å²) in [5.41, 5.74) is 3.64. The van der Waals surface area contributed by atoms with Crippen LogP contribution in [0.3, 0.4) is 0 Å². The first-order valence-electron chi connectivity index (χ1n) is 12.8. The van der Waals surface area contributed by atoms with Gasteiger partial charge in [0, 0.05) is 25.0 Å². The molecule has 2 aliphatic carbocycles. The molecule has 2 nitrogen and oxygen atoms in total. The van der Waals surface area contributed by atoms with Gasteiger partial charge in [-0.25, -0.2) is 0 Å². The molecule has 0 aliphatic heterocycles. The van der Waals surface area contributed by atoms with Gasteiger partial charge in [0.2, 0.25) is 0 Å². The van der Waals surface area contributed by atoms with Crippen LogP contribution in [0.2, 0.25) is 0 Å². The molecule has 0 radical (unpaired) electrons. The predicted molar refractivity (Wildman–Crippen MR) is 144 cm³/mol. The summed E-state index contributed by atoms with van der Waals surface area (Å²) in [7, 11) is -0.701. The molecule has 5 heteroatoms. The normalized spacial score (nSPS) is 22.2. The van der Waals surface area contributed by atoms with Crippen LogP contribution in [-0.4, -0.2) is 21.6 Å². The Balaban J connectivity index is 0.000000568. The number of hydrogen-bond donors (Lipinski definition) is 0. The molecule has 0 saturated heterocycles. The van der Waals surface area contributed by atoms with E-state index >= 15 is 0 Å². The van der Waals surface area contributed by atoms with Gasteiger partial charge in [-0.05, 0) is 64.7 Å². The van der Waals surface area contributed by atoms with Gasteiger partial charge in [0.15, 0.2) is 0 Å². The first-order valence-corrected chi connectivity index (χ1v) is 15.6. The molecule has 2 aromatic rings. The molecule has 2 aliphatic rings. The van der Waals surface area contributed by atoms with Crippen molar-refractivity contribution in [1.29, 1.82) is 0 Å². The van der Waals surface area contributed by atoms with Crippen molar-refractivity contribution in [2.75, 3.05) is 0 Å². The summed E-state index contributed by atoms with van der Waals surface area (Å²) in [4.78, 5) is 0. The van der Waals surface area contributed by atoms with Crippen molar-refractivity contribution in [3.8, 4) is 0 Å². The van der Waals surface area contributed by atoms with Crippen molar-refractivity contribution in [3.63, 3.8) is 0 Å². The van der Waals surface area contributed by atoms with Gasteiger partial charge in [0.1, 0.15) is 11.0 Å². The van der Waals surface area contributed by atoms with Gasteiger partial charge in [-0.15, -0.1) is 0 Å². The molecule has 2 heterocycles. The summed E-state index contributed by atoms with van der Waals surface area (Å²) in [6.45, 7) is 17.2. The van der Waals surface area contributed by atoms with E-state index in [0.29, 0.717) is 16.0 Å². The fraction of sp³-hybridized carbons (Fsp3) is 0.714. The monoisotopic (exact) mass is 532 g/mol. The second kappa shape index (κ2) is 12.8. The topological polar surface area (TPSA) is 26.3 Å². The minimum atomic E-state index is -0.569. The van der Waals surface area contributed by atoms with Crippen molar-refractivity contribution in [2.45, 2.75) is 121 Å². The van der Waals surface area contributed by atoms with Crippen LogP contribution in [-0.2, 0) is 17.1 Å². The van der Waals surface area contributed by atoms with Crippen molar-refractivity contribution >= 4 is 26.8 Å². The standard InChI is InChI=1S/C23H36O2P2.C5H10.Fe/c1-17(27(22(2,3)4)23(5,6)7)18-11-8-12-19(18)26(20-13-9-15-24-20)21-14-10-16-25-21;1-2-4-5-3-1;/h9-10,13-19H,8,11-12H2,1-7H3;1-5H2;/t17-,18?,19?;;/m1../s1. The Morgan fingerprint density at radius 2 is 1.21 bits per heavy atom. The Kier molecular flexibility index (Phi) is 11.3. The number of rotatable bonds is 5. The minimum absolute atomic E-state index is 0. The van der Waals surface area contributed by atoms with E-state index in [1.54, 1.807) is 0 Å². The van der Waals surface area contributed by atoms with E-state index in [9.17, 15) is 0 Å². The SMILES string of the molecule is C1CCCC1.C[C@H](C1CCCC1P(c1ccco1)c1ccco1)P(C(C)(C)C)C(C)(C)C.[Fe]. The molecule has 33 heavy (non-hydrogen) atoms. The van der Waals surface area contributed by atoms with Crippen molar-refractivity contribution in [2.24, 2.45) is 5.92 Å². The minimum Gasteiger partial charge on any atom is -0.464 e. The fourth-order valence-corrected chi connectivity index (χ4v) is 14.7. The van der Waals surface area contributed by atoms with Gasteiger partial charge in [-0.1, -0.05) is 94.9 Å². The Morgan fingerprint density at radius 1 is 0.758 bits per heavy atom. The summed E-state index contributed by atoms with van der Waals surface area (Å²) in [6.07, 6.45) is 15.1. The van der Waals surface area contributed by atoms with Gasteiger partial charge in [0.05, 0.1) is 12.5 Å². The third-order valence-electron chi connectivity index (χ3n) is 7.07. The molecule has 2 fully saturated rings. The van der Waals surface area contributed by atoms with Crippen LogP contribution in [0, 0.1) is 5.92 Å². The average Bonchev–Trinajstić information content (AvgIpc) is 3.48. The van der Waals surface area contributed by atoms with Crippen LogP contribution in [0.1, 0.15) is 99.8 Å². The molecule has 188 valence electrons. The summed E-state index contributed by atoms with van der Waals surface area (Å²) in [5.74, 6) is 0.746. The Hall–Kier alpha value is -0.0605. The predicted octanol–water partition coefficient (Wildman–Crippen LogP) is 8.89. The van der Waals surface area contributed by atoms with E-state index < -0.39 is 7.92 Å². The van der Waals surface area contributed by atoms with E-state index in [0.717, 1.165) is 22.6 Å². The van der Waals surface area contributed by atoms with Gasteiger partial charge >= 0.3 is 0 Å². The average molecular weight is 532 g/mol. The van der Waals surface area contributed by atoms with Crippen molar-refractivity contribution in [3.05, 3.63) is 36.8 Å². The quantitative estimate of drug-likeness (QED) is 0.284. The van der Waals surface area contributed by atoms with Crippen LogP contribution >= 0.6 is 15.8 Å². The van der Waals surface area contributed by atoms with Crippen molar-refractivity contribution < 1.29 is 25.9 Å². The molecular formula is C28H46FeO2P2. The second-order valence-electron chi connectivity index (χ2n) is 11.7. The van der Waals surface area contributed by atoms with Crippen molar-refractivity contribution in [1.82, 2.24) is 0 Å². The largest absolute Gasteiger partial charge is 0.464 e. The molecule has 0 amide bonds. The van der Waals surface area contributed by atoms with Crippen LogP contribution in [0.4, 0.5) is 0 Å². The van der Waals surface area contributed by atoms with E-state index in [-0.39, 0.29) is 25.0 Å². The zero-order chi connectivity index (χ0) is 23.4. The molecule has 0 N–H and O–H groups in total. The molecule has 4 rings (SSSR count). The maximum Gasteiger partial charge on any atom is 0.133 e. The molecule has 0 spiro atoms. The maximum atomic E-state index is 5.93. The Morgan fingerprint density at radius 3 is 1.58 bits per heavy atom. The summed E-state index contributed by atoms with van der Waals surface area (Å²) in [5, 5.41) is 0.719. The van der Waals surface area contributed by atoms with E-state index in [4.69, 9.17) is 8.83 Å². The molecule has 0 bridgehead atoms. The second-order valence-corrected chi connectivity index (χ2v) is 18.2. The smallest absolute Gasteiger partial charge is 0.133 e. The fourth-order valence-electron chi connectivity index (χ4n) is 6.41. The number of hydrogen-bond acceptors (Lipinski definition) is 2. The molecule has 2 saturated carbocycles. The molecule has 0 aromatic carbocycles. The maximum absolute atomic E-state index is 5.93. The first kappa shape index (κ1) is 29.2. The zero-order valence-corrected chi connectivity index (χ0v) is 24.8. The van der Waals surface area contributed by atoms with Crippen LogP contribution < -0.4 is 11.0 Å². The molecular weight excluding hydrogens is 486 g/mol.